The zero-order valence-electron chi connectivity index (χ0n) is 13.2. The Morgan fingerprint density at radius 1 is 1.00 bits per heavy atom. The van der Waals surface area contributed by atoms with Gasteiger partial charge < -0.3 is 18.8 Å². The highest BCUT2D eigenvalue weighted by molar-refractivity contribution is 7.62. The number of H-pyrrole nitrogens is 1. The number of hydrogen-bond donors (Lipinski definition) is 1. The van der Waals surface area contributed by atoms with E-state index in [9.17, 15) is 4.57 Å². The molecule has 0 unspecified atom stereocenters. The van der Waals surface area contributed by atoms with Crippen molar-refractivity contribution >= 4 is 12.9 Å². The van der Waals surface area contributed by atoms with Crippen LogP contribution in [-0.4, -0.2) is 24.8 Å². The van der Waals surface area contributed by atoms with E-state index in [1.165, 1.54) is 0 Å². The van der Waals surface area contributed by atoms with Crippen molar-refractivity contribution in [1.82, 2.24) is 4.98 Å². The molecule has 0 radical (unpaired) electrons. The van der Waals surface area contributed by atoms with Gasteiger partial charge >= 0.3 is 7.60 Å². The molecule has 0 spiro atoms. The Balaban J connectivity index is 2.55. The van der Waals surface area contributed by atoms with Gasteiger partial charge in [0.05, 0.1) is 30.8 Å². The summed E-state index contributed by atoms with van der Waals surface area (Å²) in [6.07, 6.45) is 0. The molecule has 1 aromatic carbocycles. The summed E-state index contributed by atoms with van der Waals surface area (Å²) >= 11 is 0. The third-order valence-corrected chi connectivity index (χ3v) is 5.17. The van der Waals surface area contributed by atoms with Crippen LogP contribution in [0.1, 0.15) is 20.8 Å². The lowest BCUT2D eigenvalue weighted by molar-refractivity contribution is 0.230. The summed E-state index contributed by atoms with van der Waals surface area (Å²) in [6.45, 7) is 6.62. The van der Waals surface area contributed by atoms with Crippen LogP contribution in [0.2, 0.25) is 0 Å². The first-order valence-corrected chi connectivity index (χ1v) is 8.99. The van der Waals surface area contributed by atoms with E-state index in [1.807, 2.05) is 37.3 Å². The van der Waals surface area contributed by atoms with Crippen molar-refractivity contribution in [2.75, 3.05) is 19.8 Å². The number of hydrogen-bond acceptors (Lipinski definition) is 4. The molecule has 0 atom stereocenters. The van der Waals surface area contributed by atoms with Crippen LogP contribution >= 0.6 is 7.60 Å². The quantitative estimate of drug-likeness (QED) is 0.747. The second kappa shape index (κ2) is 7.63. The van der Waals surface area contributed by atoms with Gasteiger partial charge in [0, 0.05) is 6.07 Å². The Labute approximate surface area is 131 Å². The Kier molecular flexibility index (Phi) is 5.83. The fourth-order valence-electron chi connectivity index (χ4n) is 2.21. The Morgan fingerprint density at radius 3 is 2.18 bits per heavy atom. The molecule has 0 bridgehead atoms. The molecule has 1 heterocycles. The van der Waals surface area contributed by atoms with Gasteiger partial charge in [-0.3, -0.25) is 4.57 Å². The largest absolute Gasteiger partial charge is 0.479 e. The molecule has 1 N–H and O–H groups in total. The maximum absolute atomic E-state index is 13.1. The van der Waals surface area contributed by atoms with E-state index < -0.39 is 7.60 Å². The van der Waals surface area contributed by atoms with Crippen LogP contribution in [0.4, 0.5) is 0 Å². The zero-order valence-corrected chi connectivity index (χ0v) is 14.1. The molecule has 2 aromatic rings. The van der Waals surface area contributed by atoms with Crippen LogP contribution in [0.15, 0.2) is 36.4 Å². The number of benzene rings is 1. The predicted molar refractivity (Wildman–Crippen MR) is 87.9 cm³/mol. The number of aromatic nitrogens is 1. The van der Waals surface area contributed by atoms with E-state index in [2.05, 4.69) is 4.98 Å². The summed E-state index contributed by atoms with van der Waals surface area (Å²) in [5.74, 6) is 0.552. The second-order valence-electron chi connectivity index (χ2n) is 4.53. The van der Waals surface area contributed by atoms with Crippen molar-refractivity contribution in [2.45, 2.75) is 20.8 Å². The minimum Gasteiger partial charge on any atom is -0.479 e. The minimum absolute atomic E-state index is 0.306. The topological polar surface area (TPSA) is 60.6 Å². The van der Waals surface area contributed by atoms with Gasteiger partial charge in [-0.25, -0.2) is 0 Å². The SMILES string of the molecule is CCOc1cc(P(=O)(OCC)OCC)c(-c2ccccc2)[nH]1. The van der Waals surface area contributed by atoms with Crippen LogP contribution in [0.25, 0.3) is 11.3 Å². The van der Waals surface area contributed by atoms with Gasteiger partial charge in [-0.2, -0.15) is 0 Å². The fourth-order valence-corrected chi connectivity index (χ4v) is 3.98. The van der Waals surface area contributed by atoms with Crippen molar-refractivity contribution in [3.63, 3.8) is 0 Å². The van der Waals surface area contributed by atoms with Gasteiger partial charge in [-0.05, 0) is 26.3 Å². The van der Waals surface area contributed by atoms with Gasteiger partial charge in [0.15, 0.2) is 5.88 Å². The molecular weight excluding hydrogens is 301 g/mol. The first kappa shape index (κ1) is 16.8. The van der Waals surface area contributed by atoms with Gasteiger partial charge in [-0.15, -0.1) is 0 Å². The number of ether oxygens (including phenoxy) is 1. The molecule has 0 aliphatic heterocycles. The lowest BCUT2D eigenvalue weighted by Crippen LogP contribution is -2.11. The molecular formula is C16H22NO4P. The smallest absolute Gasteiger partial charge is 0.363 e. The highest BCUT2D eigenvalue weighted by Gasteiger charge is 2.32. The monoisotopic (exact) mass is 323 g/mol. The lowest BCUT2D eigenvalue weighted by Gasteiger charge is -2.17. The minimum atomic E-state index is -3.39. The van der Waals surface area contributed by atoms with E-state index >= 15 is 0 Å². The van der Waals surface area contributed by atoms with Crippen LogP contribution in [0, 0.1) is 0 Å². The summed E-state index contributed by atoms with van der Waals surface area (Å²) in [7, 11) is -3.39. The fraction of sp³-hybridized carbons (Fsp3) is 0.375. The van der Waals surface area contributed by atoms with Crippen molar-refractivity contribution in [2.24, 2.45) is 0 Å². The van der Waals surface area contributed by atoms with Crippen molar-refractivity contribution < 1.29 is 18.3 Å². The normalized spacial score (nSPS) is 11.6. The standard InChI is InChI=1S/C16H22NO4P/c1-4-19-15-12-14(22(18,20-5-2)21-6-3)16(17-15)13-10-8-7-9-11-13/h7-12,17H,4-6H2,1-3H3. The van der Waals surface area contributed by atoms with Gasteiger partial charge in [0.1, 0.15) is 0 Å². The average Bonchev–Trinajstić information content (AvgIpc) is 2.94. The molecule has 1 aromatic heterocycles. The van der Waals surface area contributed by atoms with Crippen LogP contribution < -0.4 is 10.0 Å². The first-order chi connectivity index (χ1) is 10.6. The summed E-state index contributed by atoms with van der Waals surface area (Å²) in [4.78, 5) is 3.17. The van der Waals surface area contributed by atoms with E-state index in [1.54, 1.807) is 19.9 Å². The van der Waals surface area contributed by atoms with Crippen LogP contribution in [-0.2, 0) is 13.6 Å². The Morgan fingerprint density at radius 2 is 1.64 bits per heavy atom. The number of nitrogens with one attached hydrogen (secondary N) is 1. The molecule has 0 aliphatic carbocycles. The van der Waals surface area contributed by atoms with Crippen molar-refractivity contribution in [3.8, 4) is 17.1 Å². The van der Waals surface area contributed by atoms with E-state index in [-0.39, 0.29) is 0 Å². The molecule has 0 amide bonds. The number of rotatable bonds is 8. The van der Waals surface area contributed by atoms with Gasteiger partial charge in [0.25, 0.3) is 0 Å². The third-order valence-electron chi connectivity index (χ3n) is 3.03. The first-order valence-electron chi connectivity index (χ1n) is 7.45. The lowest BCUT2D eigenvalue weighted by atomic mass is 10.2. The van der Waals surface area contributed by atoms with Gasteiger partial charge in [-0.1, -0.05) is 30.3 Å². The molecule has 120 valence electrons. The van der Waals surface area contributed by atoms with E-state index in [0.717, 1.165) is 5.56 Å². The highest BCUT2D eigenvalue weighted by Crippen LogP contribution is 2.50. The zero-order chi connectivity index (χ0) is 16.0. The predicted octanol–water partition coefficient (Wildman–Crippen LogP) is 3.97. The highest BCUT2D eigenvalue weighted by atomic mass is 31.2. The van der Waals surface area contributed by atoms with Crippen LogP contribution in [0.5, 0.6) is 5.88 Å². The van der Waals surface area contributed by atoms with Crippen LogP contribution in [0.3, 0.4) is 0 Å². The molecule has 2 rings (SSSR count). The molecule has 0 saturated carbocycles. The van der Waals surface area contributed by atoms with Crippen molar-refractivity contribution in [1.29, 1.82) is 0 Å². The summed E-state index contributed by atoms with van der Waals surface area (Å²) in [6, 6.07) is 11.4. The molecule has 6 heteroatoms. The maximum atomic E-state index is 13.1. The Hall–Kier alpha value is -1.55. The molecule has 5 nitrogen and oxygen atoms in total. The van der Waals surface area contributed by atoms with Crippen molar-refractivity contribution in [3.05, 3.63) is 36.4 Å². The average molecular weight is 323 g/mol. The second-order valence-corrected chi connectivity index (χ2v) is 6.52. The summed E-state index contributed by atoms with van der Waals surface area (Å²) < 4.78 is 29.6. The molecule has 0 saturated heterocycles. The summed E-state index contributed by atoms with van der Waals surface area (Å²) in [5.41, 5.74) is 1.61. The maximum Gasteiger partial charge on any atom is 0.363 e. The Bertz CT molecular complexity index is 629. The molecule has 0 aliphatic rings. The number of aromatic amines is 1. The summed E-state index contributed by atoms with van der Waals surface area (Å²) in [5, 5.41) is 0.505. The van der Waals surface area contributed by atoms with E-state index in [4.69, 9.17) is 13.8 Å². The van der Waals surface area contributed by atoms with Gasteiger partial charge in [0.2, 0.25) is 0 Å². The third kappa shape index (κ3) is 3.61. The molecule has 0 fully saturated rings. The molecule has 22 heavy (non-hydrogen) atoms. The van der Waals surface area contributed by atoms with E-state index in [0.29, 0.717) is 36.7 Å².